The molecule has 0 fully saturated rings. The number of Topliss-reactive ketones (excluding diaryl/α,β-unsaturated/α-hetero) is 1. The monoisotopic (exact) mass is 372 g/mol. The average molecular weight is 373 g/mol. The normalized spacial score (nSPS) is 10.7. The second-order valence-electron chi connectivity index (χ2n) is 5.03. The van der Waals surface area contributed by atoms with E-state index in [2.05, 4.69) is 20.9 Å². The van der Waals surface area contributed by atoms with Crippen LogP contribution in [0.15, 0.2) is 57.9 Å². The van der Waals surface area contributed by atoms with Gasteiger partial charge in [-0.15, -0.1) is 0 Å². The van der Waals surface area contributed by atoms with Gasteiger partial charge in [0.1, 0.15) is 18.0 Å². The zero-order chi connectivity index (χ0) is 16.4. The molecule has 0 saturated carbocycles. The van der Waals surface area contributed by atoms with E-state index in [0.29, 0.717) is 22.7 Å². The van der Waals surface area contributed by atoms with E-state index in [1.807, 2.05) is 6.07 Å². The summed E-state index contributed by atoms with van der Waals surface area (Å²) < 4.78 is 7.90. The van der Waals surface area contributed by atoms with Crippen LogP contribution in [0.2, 0.25) is 0 Å². The second-order valence-corrected chi connectivity index (χ2v) is 5.95. The Morgan fingerprint density at radius 2 is 1.96 bits per heavy atom. The van der Waals surface area contributed by atoms with Crippen LogP contribution in [-0.2, 0) is 6.61 Å². The fourth-order valence-electron chi connectivity index (χ4n) is 2.14. The van der Waals surface area contributed by atoms with Gasteiger partial charge >= 0.3 is 0 Å². The fraction of sp³-hybridized carbons (Fsp3) is 0.118. The van der Waals surface area contributed by atoms with Crippen LogP contribution in [-0.4, -0.2) is 15.2 Å². The first-order valence-electron chi connectivity index (χ1n) is 6.94. The molecule has 0 aliphatic rings. The molecule has 5 nitrogen and oxygen atoms in total. The summed E-state index contributed by atoms with van der Waals surface area (Å²) in [6.07, 6.45) is 1.68. The lowest BCUT2D eigenvalue weighted by atomic mass is 10.1. The van der Waals surface area contributed by atoms with Gasteiger partial charge in [0.2, 0.25) is 0 Å². The average Bonchev–Trinajstić information content (AvgIpc) is 2.54. The number of carbonyl (C=O) groups excluding carboxylic acids is 1. The van der Waals surface area contributed by atoms with Crippen molar-refractivity contribution in [2.45, 2.75) is 13.5 Å². The Morgan fingerprint density at radius 3 is 2.65 bits per heavy atom. The van der Waals surface area contributed by atoms with Gasteiger partial charge in [-0.1, -0.05) is 0 Å². The predicted molar refractivity (Wildman–Crippen MR) is 89.9 cm³/mol. The quantitative estimate of drug-likeness (QED) is 0.659. The van der Waals surface area contributed by atoms with Crippen molar-refractivity contribution in [2.24, 2.45) is 0 Å². The Kier molecular flexibility index (Phi) is 4.25. The molecule has 1 aromatic carbocycles. The molecule has 3 aromatic rings. The van der Waals surface area contributed by atoms with Crippen molar-refractivity contribution in [1.82, 2.24) is 9.38 Å². The minimum atomic E-state index is -0.165. The van der Waals surface area contributed by atoms with Crippen molar-refractivity contribution in [1.29, 1.82) is 0 Å². The molecule has 23 heavy (non-hydrogen) atoms. The van der Waals surface area contributed by atoms with E-state index in [1.165, 1.54) is 17.4 Å². The van der Waals surface area contributed by atoms with Gasteiger partial charge in [0.15, 0.2) is 5.78 Å². The molecular weight excluding hydrogens is 360 g/mol. The molecule has 0 spiro atoms. The van der Waals surface area contributed by atoms with Crippen LogP contribution >= 0.6 is 15.9 Å². The molecule has 3 rings (SSSR count). The van der Waals surface area contributed by atoms with Crippen molar-refractivity contribution in [3.63, 3.8) is 0 Å². The highest BCUT2D eigenvalue weighted by molar-refractivity contribution is 9.10. The first kappa shape index (κ1) is 15.4. The number of nitrogens with zero attached hydrogens (tertiary/aromatic N) is 2. The smallest absolute Gasteiger partial charge is 0.258 e. The van der Waals surface area contributed by atoms with E-state index >= 15 is 0 Å². The van der Waals surface area contributed by atoms with Gasteiger partial charge in [-0.3, -0.25) is 14.0 Å². The highest BCUT2D eigenvalue weighted by Crippen LogP contribution is 2.14. The summed E-state index contributed by atoms with van der Waals surface area (Å²) in [5.41, 5.74) is 1.58. The number of benzene rings is 1. The number of ketones is 1. The molecule has 2 aromatic heterocycles. The number of aromatic nitrogens is 2. The molecule has 0 N–H and O–H groups in total. The maximum Gasteiger partial charge on any atom is 0.258 e. The lowest BCUT2D eigenvalue weighted by Gasteiger charge is -2.07. The summed E-state index contributed by atoms with van der Waals surface area (Å²) in [5, 5.41) is 0. The Hall–Kier alpha value is -2.47. The van der Waals surface area contributed by atoms with Gasteiger partial charge < -0.3 is 4.74 Å². The second kappa shape index (κ2) is 6.34. The molecule has 0 radical (unpaired) electrons. The van der Waals surface area contributed by atoms with Crippen molar-refractivity contribution < 1.29 is 9.53 Å². The number of halogens is 1. The SMILES string of the molecule is CC(=O)c1ccc(OCc2cc(=O)n3cc(Br)ccc3n2)cc1. The molecular formula is C17H13BrN2O3. The first-order valence-corrected chi connectivity index (χ1v) is 7.74. The molecule has 116 valence electrons. The zero-order valence-electron chi connectivity index (χ0n) is 12.3. The van der Waals surface area contributed by atoms with Crippen LogP contribution in [0.1, 0.15) is 23.0 Å². The third kappa shape index (κ3) is 3.48. The Labute approximate surface area is 140 Å². The first-order chi connectivity index (χ1) is 11.0. The van der Waals surface area contributed by atoms with Crippen LogP contribution in [0.3, 0.4) is 0 Å². The van der Waals surface area contributed by atoms with Gasteiger partial charge in [-0.05, 0) is 59.3 Å². The summed E-state index contributed by atoms with van der Waals surface area (Å²) in [4.78, 5) is 27.7. The van der Waals surface area contributed by atoms with Crippen LogP contribution in [0.25, 0.3) is 5.65 Å². The van der Waals surface area contributed by atoms with Crippen LogP contribution in [0, 0.1) is 0 Å². The molecule has 0 aliphatic carbocycles. The highest BCUT2D eigenvalue weighted by Gasteiger charge is 2.05. The van der Waals surface area contributed by atoms with Gasteiger partial charge in [-0.25, -0.2) is 4.98 Å². The summed E-state index contributed by atoms with van der Waals surface area (Å²) in [7, 11) is 0. The molecule has 2 heterocycles. The number of pyridine rings is 1. The Bertz CT molecular complexity index is 933. The summed E-state index contributed by atoms with van der Waals surface area (Å²) in [5.74, 6) is 0.625. The molecule has 0 aliphatic heterocycles. The number of carbonyl (C=O) groups is 1. The molecule has 0 atom stereocenters. The third-order valence-corrected chi connectivity index (χ3v) is 3.79. The minimum absolute atomic E-state index is 0.00641. The number of hydrogen-bond acceptors (Lipinski definition) is 4. The van der Waals surface area contributed by atoms with Crippen molar-refractivity contribution in [3.8, 4) is 5.75 Å². The van der Waals surface area contributed by atoms with E-state index in [9.17, 15) is 9.59 Å². The lowest BCUT2D eigenvalue weighted by molar-refractivity contribution is 0.101. The summed E-state index contributed by atoms with van der Waals surface area (Å²) in [6, 6.07) is 11.9. The van der Waals surface area contributed by atoms with Gasteiger partial charge in [0, 0.05) is 22.3 Å². The number of fused-ring (bicyclic) bond motifs is 1. The number of rotatable bonds is 4. The Morgan fingerprint density at radius 1 is 1.22 bits per heavy atom. The van der Waals surface area contributed by atoms with Crippen LogP contribution in [0.5, 0.6) is 5.75 Å². The third-order valence-electron chi connectivity index (χ3n) is 3.32. The number of hydrogen-bond donors (Lipinski definition) is 0. The molecule has 0 amide bonds. The van der Waals surface area contributed by atoms with E-state index < -0.39 is 0 Å². The van der Waals surface area contributed by atoms with E-state index in [0.717, 1.165) is 4.47 Å². The van der Waals surface area contributed by atoms with E-state index in [1.54, 1.807) is 36.5 Å². The largest absolute Gasteiger partial charge is 0.487 e. The predicted octanol–water partition coefficient (Wildman–Crippen LogP) is 3.24. The van der Waals surface area contributed by atoms with Crippen molar-refractivity contribution >= 4 is 27.4 Å². The van der Waals surface area contributed by atoms with Gasteiger partial charge in [-0.2, -0.15) is 0 Å². The zero-order valence-corrected chi connectivity index (χ0v) is 13.9. The summed E-state index contributed by atoms with van der Waals surface area (Å²) >= 11 is 3.33. The number of ether oxygens (including phenoxy) is 1. The fourth-order valence-corrected chi connectivity index (χ4v) is 2.48. The molecule has 0 bridgehead atoms. The van der Waals surface area contributed by atoms with Crippen molar-refractivity contribution in [3.05, 3.63) is 74.7 Å². The van der Waals surface area contributed by atoms with Gasteiger partial charge in [0.05, 0.1) is 5.69 Å². The summed E-state index contributed by atoms with van der Waals surface area (Å²) in [6.45, 7) is 1.70. The maximum absolute atomic E-state index is 12.1. The Balaban J connectivity index is 1.80. The topological polar surface area (TPSA) is 60.7 Å². The molecule has 6 heteroatoms. The highest BCUT2D eigenvalue weighted by atomic mass is 79.9. The van der Waals surface area contributed by atoms with E-state index in [4.69, 9.17) is 4.74 Å². The lowest BCUT2D eigenvalue weighted by Crippen LogP contribution is -2.16. The molecule has 0 saturated heterocycles. The van der Waals surface area contributed by atoms with Crippen molar-refractivity contribution in [2.75, 3.05) is 0 Å². The van der Waals surface area contributed by atoms with E-state index in [-0.39, 0.29) is 17.9 Å². The standard InChI is InChI=1S/C17H13BrN2O3/c1-11(21)12-2-5-15(6-3-12)23-10-14-8-17(22)20-9-13(18)4-7-16(20)19-14/h2-9H,10H2,1H3. The molecule has 0 unspecified atom stereocenters. The van der Waals surface area contributed by atoms with Crippen LogP contribution in [0.4, 0.5) is 0 Å². The maximum atomic E-state index is 12.1. The van der Waals surface area contributed by atoms with Crippen LogP contribution < -0.4 is 10.3 Å². The van der Waals surface area contributed by atoms with Gasteiger partial charge in [0.25, 0.3) is 5.56 Å². The minimum Gasteiger partial charge on any atom is -0.487 e.